The second-order valence-electron chi connectivity index (χ2n) is 9.34. The number of benzene rings is 1. The fourth-order valence-electron chi connectivity index (χ4n) is 5.07. The highest BCUT2D eigenvalue weighted by molar-refractivity contribution is 7.89. The maximum atomic E-state index is 12.7. The largest absolute Gasteiger partial charge is 0.347 e. The molecule has 0 aromatic heterocycles. The zero-order valence-electron chi connectivity index (χ0n) is 16.7. The third kappa shape index (κ3) is 4.55. The SMILES string of the molecule is CC1(C)CC2CC(C)(CN2C(=O)C(=O)NCCc2ccc(S(N)(=O)=O)cc2)C1. The molecule has 1 aliphatic heterocycles. The van der Waals surface area contributed by atoms with Crippen molar-refractivity contribution in [1.29, 1.82) is 0 Å². The molecule has 0 radical (unpaired) electrons. The molecule has 1 aromatic rings. The summed E-state index contributed by atoms with van der Waals surface area (Å²) in [4.78, 5) is 26.8. The maximum Gasteiger partial charge on any atom is 0.312 e. The van der Waals surface area contributed by atoms with Crippen LogP contribution >= 0.6 is 0 Å². The van der Waals surface area contributed by atoms with Crippen molar-refractivity contribution in [3.63, 3.8) is 0 Å². The lowest BCUT2D eigenvalue weighted by Gasteiger charge is -2.39. The molecule has 2 bridgehead atoms. The summed E-state index contributed by atoms with van der Waals surface area (Å²) in [6.45, 7) is 7.61. The Hall–Kier alpha value is -1.93. The average molecular weight is 408 g/mol. The van der Waals surface area contributed by atoms with Gasteiger partial charge in [-0.15, -0.1) is 0 Å². The van der Waals surface area contributed by atoms with Crippen LogP contribution in [0.4, 0.5) is 0 Å². The number of hydrogen-bond donors (Lipinski definition) is 2. The highest BCUT2D eigenvalue weighted by Crippen LogP contribution is 2.52. The van der Waals surface area contributed by atoms with Crippen LogP contribution in [-0.4, -0.2) is 44.3 Å². The third-order valence-corrected chi connectivity index (χ3v) is 6.75. The van der Waals surface area contributed by atoms with Crippen molar-refractivity contribution in [3.8, 4) is 0 Å². The van der Waals surface area contributed by atoms with E-state index in [-0.39, 0.29) is 21.8 Å². The molecule has 28 heavy (non-hydrogen) atoms. The van der Waals surface area contributed by atoms with Crippen LogP contribution in [0.5, 0.6) is 0 Å². The standard InChI is InChI=1S/C20H29N3O4S/c1-19(2)10-15-11-20(3,12-19)13-23(15)18(25)17(24)22-9-8-14-4-6-16(7-5-14)28(21,26)27/h4-7,15H,8-13H2,1-3H3,(H,22,24)(H2,21,26,27). The van der Waals surface area contributed by atoms with E-state index in [1.54, 1.807) is 17.0 Å². The zero-order valence-corrected chi connectivity index (χ0v) is 17.5. The van der Waals surface area contributed by atoms with Gasteiger partial charge in [0.2, 0.25) is 10.0 Å². The molecule has 1 saturated heterocycles. The van der Waals surface area contributed by atoms with E-state index in [1.165, 1.54) is 12.1 Å². The van der Waals surface area contributed by atoms with E-state index in [2.05, 4.69) is 26.1 Å². The minimum Gasteiger partial charge on any atom is -0.347 e. The van der Waals surface area contributed by atoms with Crippen LogP contribution in [0.3, 0.4) is 0 Å². The number of rotatable bonds is 4. The molecule has 3 rings (SSSR count). The quantitative estimate of drug-likeness (QED) is 0.736. The first-order chi connectivity index (χ1) is 12.9. The molecule has 1 saturated carbocycles. The van der Waals surface area contributed by atoms with Crippen molar-refractivity contribution >= 4 is 21.8 Å². The van der Waals surface area contributed by atoms with E-state index in [0.29, 0.717) is 19.5 Å². The van der Waals surface area contributed by atoms with Crippen molar-refractivity contribution in [2.45, 2.75) is 57.4 Å². The Kier molecular flexibility index (Phi) is 5.31. The van der Waals surface area contributed by atoms with E-state index < -0.39 is 21.8 Å². The minimum absolute atomic E-state index is 0.0482. The molecular weight excluding hydrogens is 378 g/mol. The summed E-state index contributed by atoms with van der Waals surface area (Å²) < 4.78 is 22.5. The van der Waals surface area contributed by atoms with Crippen LogP contribution in [0.2, 0.25) is 0 Å². The van der Waals surface area contributed by atoms with E-state index in [4.69, 9.17) is 5.14 Å². The topological polar surface area (TPSA) is 110 Å². The van der Waals surface area contributed by atoms with Crippen LogP contribution < -0.4 is 10.5 Å². The van der Waals surface area contributed by atoms with Crippen molar-refractivity contribution < 1.29 is 18.0 Å². The van der Waals surface area contributed by atoms with Gasteiger partial charge in [0.05, 0.1) is 4.90 Å². The second kappa shape index (κ2) is 7.15. The van der Waals surface area contributed by atoms with Gasteiger partial charge in [0.25, 0.3) is 0 Å². The number of sulfonamides is 1. The summed E-state index contributed by atoms with van der Waals surface area (Å²) in [5.41, 5.74) is 1.13. The predicted molar refractivity (Wildman–Crippen MR) is 106 cm³/mol. The molecule has 1 aromatic carbocycles. The van der Waals surface area contributed by atoms with Crippen LogP contribution in [0, 0.1) is 10.8 Å². The second-order valence-corrected chi connectivity index (χ2v) is 10.9. The van der Waals surface area contributed by atoms with E-state index in [9.17, 15) is 18.0 Å². The van der Waals surface area contributed by atoms with Gasteiger partial charge in [0.1, 0.15) is 0 Å². The van der Waals surface area contributed by atoms with Crippen LogP contribution in [0.15, 0.2) is 29.2 Å². The number of primary sulfonamides is 1. The van der Waals surface area contributed by atoms with E-state index >= 15 is 0 Å². The molecule has 7 nitrogen and oxygen atoms in total. The molecule has 1 heterocycles. The first kappa shape index (κ1) is 20.8. The number of likely N-dealkylation sites (tertiary alicyclic amines) is 1. The first-order valence-electron chi connectivity index (χ1n) is 9.59. The third-order valence-electron chi connectivity index (χ3n) is 5.82. The zero-order chi connectivity index (χ0) is 20.7. The van der Waals surface area contributed by atoms with Gasteiger partial charge in [-0.1, -0.05) is 32.9 Å². The van der Waals surface area contributed by atoms with Gasteiger partial charge in [-0.3, -0.25) is 9.59 Å². The number of amides is 2. The summed E-state index contributed by atoms with van der Waals surface area (Å²) in [7, 11) is -3.71. The fraction of sp³-hybridized carbons (Fsp3) is 0.600. The number of nitrogens with zero attached hydrogens (tertiary/aromatic N) is 1. The highest BCUT2D eigenvalue weighted by Gasteiger charge is 2.51. The van der Waals surface area contributed by atoms with E-state index in [1.807, 2.05) is 0 Å². The number of carbonyl (C=O) groups excluding carboxylic acids is 2. The van der Waals surface area contributed by atoms with Crippen LogP contribution in [0.25, 0.3) is 0 Å². The smallest absolute Gasteiger partial charge is 0.312 e. The van der Waals surface area contributed by atoms with Crippen LogP contribution in [0.1, 0.15) is 45.6 Å². The predicted octanol–water partition coefficient (Wildman–Crippen LogP) is 1.42. The molecule has 2 unspecified atom stereocenters. The number of carbonyl (C=O) groups is 2. The lowest BCUT2D eigenvalue weighted by Crippen LogP contribution is -2.46. The van der Waals surface area contributed by atoms with Gasteiger partial charge in [-0.05, 0) is 54.2 Å². The lowest BCUT2D eigenvalue weighted by atomic mass is 9.65. The number of nitrogens with one attached hydrogen (secondary N) is 1. The van der Waals surface area contributed by atoms with Crippen LogP contribution in [-0.2, 0) is 26.0 Å². The van der Waals surface area contributed by atoms with Crippen molar-refractivity contribution in [3.05, 3.63) is 29.8 Å². The minimum atomic E-state index is -3.71. The highest BCUT2D eigenvalue weighted by atomic mass is 32.2. The molecule has 1 aliphatic carbocycles. The summed E-state index contributed by atoms with van der Waals surface area (Å²) in [5, 5.41) is 7.77. The number of fused-ring (bicyclic) bond motifs is 2. The van der Waals surface area contributed by atoms with Gasteiger partial charge < -0.3 is 10.2 Å². The summed E-state index contributed by atoms with van der Waals surface area (Å²) in [6.07, 6.45) is 3.46. The molecular formula is C20H29N3O4S. The van der Waals surface area contributed by atoms with Gasteiger partial charge in [0, 0.05) is 19.1 Å². The molecule has 2 amide bonds. The van der Waals surface area contributed by atoms with Gasteiger partial charge in [-0.2, -0.15) is 0 Å². The number of nitrogens with two attached hydrogens (primary N) is 1. The summed E-state index contributed by atoms with van der Waals surface area (Å²) in [5.74, 6) is -1.02. The Labute approximate surface area is 166 Å². The lowest BCUT2D eigenvalue weighted by molar-refractivity contribution is -0.146. The average Bonchev–Trinajstić information content (AvgIpc) is 2.82. The monoisotopic (exact) mass is 407 g/mol. The van der Waals surface area contributed by atoms with Crippen molar-refractivity contribution in [2.24, 2.45) is 16.0 Å². The summed E-state index contributed by atoms with van der Waals surface area (Å²) >= 11 is 0. The Morgan fingerprint density at radius 2 is 1.82 bits per heavy atom. The molecule has 0 spiro atoms. The molecule has 2 fully saturated rings. The molecule has 2 aliphatic rings. The first-order valence-corrected chi connectivity index (χ1v) is 11.1. The van der Waals surface area contributed by atoms with E-state index in [0.717, 1.165) is 24.8 Å². The maximum absolute atomic E-state index is 12.7. The van der Waals surface area contributed by atoms with Crippen molar-refractivity contribution in [1.82, 2.24) is 10.2 Å². The fourth-order valence-corrected chi connectivity index (χ4v) is 5.59. The number of hydrogen-bond acceptors (Lipinski definition) is 4. The van der Waals surface area contributed by atoms with Crippen molar-refractivity contribution in [2.75, 3.05) is 13.1 Å². The van der Waals surface area contributed by atoms with Gasteiger partial charge in [-0.25, -0.2) is 13.6 Å². The Morgan fingerprint density at radius 3 is 2.43 bits per heavy atom. The molecule has 3 N–H and O–H groups in total. The summed E-state index contributed by atoms with van der Waals surface area (Å²) in [6, 6.07) is 6.31. The Bertz CT molecular complexity index is 879. The Balaban J connectivity index is 1.53. The molecule has 154 valence electrons. The Morgan fingerprint density at radius 1 is 1.18 bits per heavy atom. The molecule has 2 atom stereocenters. The van der Waals surface area contributed by atoms with Gasteiger partial charge >= 0.3 is 11.8 Å². The van der Waals surface area contributed by atoms with Gasteiger partial charge in [0.15, 0.2) is 0 Å². The normalized spacial score (nSPS) is 26.1. The molecule has 8 heteroatoms.